The number of ether oxygens (including phenoxy) is 1. The number of aryl methyl sites for hydroxylation is 1. The van der Waals surface area contributed by atoms with Gasteiger partial charge in [0.2, 0.25) is 10.9 Å². The van der Waals surface area contributed by atoms with Crippen LogP contribution in [0.15, 0.2) is 70.4 Å². The third-order valence-corrected chi connectivity index (χ3v) is 6.35. The Kier molecular flexibility index (Phi) is 5.07. The van der Waals surface area contributed by atoms with E-state index >= 15 is 0 Å². The van der Waals surface area contributed by atoms with Crippen molar-refractivity contribution in [3.05, 3.63) is 93.3 Å². The van der Waals surface area contributed by atoms with Crippen molar-refractivity contribution in [1.82, 2.24) is 10.2 Å². The van der Waals surface area contributed by atoms with Gasteiger partial charge in [-0.05, 0) is 36.2 Å². The van der Waals surface area contributed by atoms with Gasteiger partial charge in [0.05, 0.1) is 17.0 Å². The molecule has 0 saturated carbocycles. The Morgan fingerprint density at radius 2 is 2.03 bits per heavy atom. The first-order valence-electron chi connectivity index (χ1n) is 10.2. The molecule has 2 aromatic carbocycles. The molecule has 0 bridgehead atoms. The number of carbonyl (C=O) groups excluding carboxylic acids is 1. The zero-order valence-corrected chi connectivity index (χ0v) is 18.1. The summed E-state index contributed by atoms with van der Waals surface area (Å²) < 4.78 is 11.6. The minimum atomic E-state index is -0.705. The fraction of sp³-hybridized carbons (Fsp3) is 0.167. The van der Waals surface area contributed by atoms with Crippen LogP contribution in [0, 0.1) is 0 Å². The lowest BCUT2D eigenvalue weighted by Gasteiger charge is -2.22. The monoisotopic (exact) mass is 445 g/mol. The van der Waals surface area contributed by atoms with Gasteiger partial charge < -0.3 is 9.15 Å². The topological polar surface area (TPSA) is 85.5 Å². The van der Waals surface area contributed by atoms with Crippen molar-refractivity contribution in [2.75, 3.05) is 11.5 Å². The van der Waals surface area contributed by atoms with Gasteiger partial charge in [-0.1, -0.05) is 55.2 Å². The molecule has 1 aliphatic heterocycles. The summed E-state index contributed by atoms with van der Waals surface area (Å²) in [6.45, 7) is 5.99. The summed E-state index contributed by atoms with van der Waals surface area (Å²) in [5, 5.41) is 10.1. The van der Waals surface area contributed by atoms with Gasteiger partial charge in [-0.25, -0.2) is 0 Å². The van der Waals surface area contributed by atoms with Crippen LogP contribution in [0.5, 0.6) is 5.75 Å². The van der Waals surface area contributed by atoms with Gasteiger partial charge in [-0.15, -0.1) is 10.2 Å². The number of hydrogen-bond donors (Lipinski definition) is 0. The Morgan fingerprint density at radius 3 is 2.81 bits per heavy atom. The maximum Gasteiger partial charge on any atom is 0.297 e. The quantitative estimate of drug-likeness (QED) is 0.406. The molecular formula is C24H19N3O4S. The molecule has 1 atom stereocenters. The van der Waals surface area contributed by atoms with Crippen molar-refractivity contribution < 1.29 is 13.9 Å². The predicted octanol–water partition coefficient (Wildman–Crippen LogP) is 4.52. The highest BCUT2D eigenvalue weighted by Crippen LogP contribution is 2.42. The summed E-state index contributed by atoms with van der Waals surface area (Å²) in [5.41, 5.74) is 1.15. The van der Waals surface area contributed by atoms with Crippen molar-refractivity contribution in [3.8, 4) is 5.75 Å². The van der Waals surface area contributed by atoms with Gasteiger partial charge in [0.15, 0.2) is 5.43 Å². The van der Waals surface area contributed by atoms with E-state index in [1.54, 1.807) is 30.3 Å². The minimum Gasteiger partial charge on any atom is -0.490 e. The first kappa shape index (κ1) is 20.1. The Labute approximate surface area is 187 Å². The molecule has 0 N–H and O–H groups in total. The highest BCUT2D eigenvalue weighted by atomic mass is 32.1. The van der Waals surface area contributed by atoms with Crippen molar-refractivity contribution in [3.63, 3.8) is 0 Å². The van der Waals surface area contributed by atoms with E-state index in [2.05, 4.69) is 16.8 Å². The number of carbonyl (C=O) groups is 1. The molecule has 3 heterocycles. The summed E-state index contributed by atoms with van der Waals surface area (Å²) in [7, 11) is 0. The molecule has 2 aromatic heterocycles. The molecule has 32 heavy (non-hydrogen) atoms. The molecule has 1 amide bonds. The smallest absolute Gasteiger partial charge is 0.297 e. The van der Waals surface area contributed by atoms with Crippen LogP contribution in [0.25, 0.3) is 11.0 Å². The Bertz CT molecular complexity index is 1410. The van der Waals surface area contributed by atoms with Gasteiger partial charge in [-0.3, -0.25) is 14.5 Å². The summed E-state index contributed by atoms with van der Waals surface area (Å²) >= 11 is 1.33. The van der Waals surface area contributed by atoms with Crippen LogP contribution in [0.1, 0.15) is 39.7 Å². The standard InChI is InChI=1S/C24H19N3O4S/c1-3-12-30-15-9-7-8-14(13-15)20-19-21(28)16-10-5-6-11-17(16)31-22(19)23(29)27(20)24-26-25-18(4-2)32-24/h3,5-11,13,20H,1,4,12H2,2H3. The Morgan fingerprint density at radius 1 is 1.19 bits per heavy atom. The highest BCUT2D eigenvalue weighted by Gasteiger charge is 2.45. The minimum absolute atomic E-state index is 0.0318. The second-order valence-electron chi connectivity index (χ2n) is 7.25. The summed E-state index contributed by atoms with van der Waals surface area (Å²) in [4.78, 5) is 28.5. The second-order valence-corrected chi connectivity index (χ2v) is 8.29. The predicted molar refractivity (Wildman–Crippen MR) is 123 cm³/mol. The van der Waals surface area contributed by atoms with Gasteiger partial charge in [-0.2, -0.15) is 0 Å². The largest absolute Gasteiger partial charge is 0.490 e. The third-order valence-electron chi connectivity index (χ3n) is 5.28. The van der Waals surface area contributed by atoms with E-state index in [9.17, 15) is 9.59 Å². The summed E-state index contributed by atoms with van der Waals surface area (Å²) in [6, 6.07) is 13.6. The van der Waals surface area contributed by atoms with E-state index in [4.69, 9.17) is 9.15 Å². The average Bonchev–Trinajstić information content (AvgIpc) is 3.41. The molecule has 0 spiro atoms. The van der Waals surface area contributed by atoms with Gasteiger partial charge in [0.25, 0.3) is 5.91 Å². The van der Waals surface area contributed by atoms with Crippen LogP contribution in [0.3, 0.4) is 0 Å². The SMILES string of the molecule is C=CCOc1cccc(C2c3c(oc4ccccc4c3=O)C(=O)N2c2nnc(CC)s2)c1. The Hall–Kier alpha value is -3.78. The van der Waals surface area contributed by atoms with Crippen LogP contribution < -0.4 is 15.1 Å². The van der Waals surface area contributed by atoms with Crippen LogP contribution >= 0.6 is 11.3 Å². The summed E-state index contributed by atoms with van der Waals surface area (Å²) in [6.07, 6.45) is 2.35. The van der Waals surface area contributed by atoms with E-state index in [0.29, 0.717) is 40.4 Å². The fourth-order valence-corrected chi connectivity index (χ4v) is 4.65. The number of hydrogen-bond acceptors (Lipinski definition) is 7. The van der Waals surface area contributed by atoms with Crippen molar-refractivity contribution in [1.29, 1.82) is 0 Å². The number of anilines is 1. The van der Waals surface area contributed by atoms with Gasteiger partial charge in [0.1, 0.15) is 22.9 Å². The van der Waals surface area contributed by atoms with Gasteiger partial charge in [0, 0.05) is 0 Å². The first-order chi connectivity index (χ1) is 15.6. The molecule has 1 unspecified atom stereocenters. The van der Waals surface area contributed by atoms with Crippen molar-refractivity contribution in [2.45, 2.75) is 19.4 Å². The average molecular weight is 446 g/mol. The lowest BCUT2D eigenvalue weighted by atomic mass is 9.98. The molecule has 1 aliphatic rings. The van der Waals surface area contributed by atoms with E-state index in [-0.39, 0.29) is 11.2 Å². The van der Waals surface area contributed by atoms with E-state index in [0.717, 1.165) is 10.6 Å². The van der Waals surface area contributed by atoms with Crippen molar-refractivity contribution in [2.24, 2.45) is 0 Å². The number of fused-ring (bicyclic) bond motifs is 2. The Balaban J connectivity index is 1.74. The molecule has 5 rings (SSSR count). The molecule has 0 aliphatic carbocycles. The maximum atomic E-state index is 13.5. The molecule has 160 valence electrons. The molecule has 7 nitrogen and oxygen atoms in total. The van der Waals surface area contributed by atoms with Crippen LogP contribution in [-0.4, -0.2) is 22.7 Å². The third kappa shape index (κ3) is 3.20. The highest BCUT2D eigenvalue weighted by molar-refractivity contribution is 7.15. The lowest BCUT2D eigenvalue weighted by molar-refractivity contribution is 0.0970. The number of nitrogens with zero attached hydrogens (tertiary/aromatic N) is 3. The normalized spacial score (nSPS) is 15.2. The second kappa shape index (κ2) is 8.05. The zero-order valence-electron chi connectivity index (χ0n) is 17.3. The molecule has 0 saturated heterocycles. The van der Waals surface area contributed by atoms with Crippen LogP contribution in [0.2, 0.25) is 0 Å². The van der Waals surface area contributed by atoms with Crippen LogP contribution in [-0.2, 0) is 6.42 Å². The molecule has 0 radical (unpaired) electrons. The number of aromatic nitrogens is 2. The lowest BCUT2D eigenvalue weighted by Crippen LogP contribution is -2.29. The zero-order chi connectivity index (χ0) is 22.2. The molecule has 0 fully saturated rings. The number of benzene rings is 2. The van der Waals surface area contributed by atoms with Gasteiger partial charge >= 0.3 is 0 Å². The molecule has 8 heteroatoms. The van der Waals surface area contributed by atoms with E-state index < -0.39 is 11.9 Å². The molecular weight excluding hydrogens is 426 g/mol. The number of rotatable bonds is 6. The number of amides is 1. The maximum absolute atomic E-state index is 13.5. The molecule has 4 aromatic rings. The first-order valence-corrected chi connectivity index (χ1v) is 11.0. The van der Waals surface area contributed by atoms with E-state index in [1.165, 1.54) is 16.2 Å². The van der Waals surface area contributed by atoms with E-state index in [1.807, 2.05) is 31.2 Å². The van der Waals surface area contributed by atoms with Crippen LogP contribution in [0.4, 0.5) is 5.13 Å². The van der Waals surface area contributed by atoms with Crippen molar-refractivity contribution >= 4 is 33.3 Å². The fourth-order valence-electron chi connectivity index (χ4n) is 3.85. The number of para-hydroxylation sites is 1. The summed E-state index contributed by atoms with van der Waals surface area (Å²) in [5.74, 6) is 0.230.